The van der Waals surface area contributed by atoms with E-state index < -0.39 is 5.97 Å². The minimum absolute atomic E-state index is 0.0644. The highest BCUT2D eigenvalue weighted by atomic mass is 16.4. The Balaban J connectivity index is 1.67. The molecule has 3 aromatic rings. The predicted octanol–water partition coefficient (Wildman–Crippen LogP) is 3.54. The van der Waals surface area contributed by atoms with E-state index in [1.54, 1.807) is 6.20 Å². The van der Waals surface area contributed by atoms with E-state index in [0.717, 1.165) is 29.2 Å². The number of hydrogen-bond acceptors (Lipinski definition) is 4. The molecule has 0 saturated carbocycles. The van der Waals surface area contributed by atoms with Crippen LogP contribution in [0, 0.1) is 6.92 Å². The fourth-order valence-electron chi connectivity index (χ4n) is 2.95. The number of carboxylic acids is 1. The molecule has 0 radical (unpaired) electrons. The topological polar surface area (TPSA) is 91.2 Å². The van der Waals surface area contributed by atoms with Crippen molar-refractivity contribution in [3.8, 4) is 11.5 Å². The van der Waals surface area contributed by atoms with Gasteiger partial charge in [-0.15, -0.1) is 0 Å². The van der Waals surface area contributed by atoms with Crippen molar-refractivity contribution in [1.82, 2.24) is 15.5 Å². The molecule has 1 atom stereocenters. The highest BCUT2D eigenvalue weighted by Gasteiger charge is 2.15. The molecule has 0 bridgehead atoms. The van der Waals surface area contributed by atoms with Gasteiger partial charge in [0.1, 0.15) is 11.5 Å². The molecule has 0 fully saturated rings. The van der Waals surface area contributed by atoms with E-state index in [1.165, 1.54) is 5.56 Å². The van der Waals surface area contributed by atoms with E-state index in [2.05, 4.69) is 27.6 Å². The standard InChI is InChI=1S/C20H23N3O3/c1-14-7-9-18(26-14)20-16(13-22-23-20)12-21-17(8-10-19(24)25)11-15-5-3-2-4-6-15/h2-7,9,13,17,21H,8,10-12H2,1H3,(H,22,23)(H,24,25). The highest BCUT2D eigenvalue weighted by Crippen LogP contribution is 2.23. The van der Waals surface area contributed by atoms with Crippen LogP contribution in [-0.4, -0.2) is 27.3 Å². The van der Waals surface area contributed by atoms with Crippen LogP contribution in [0.15, 0.2) is 53.1 Å². The van der Waals surface area contributed by atoms with Gasteiger partial charge in [0.15, 0.2) is 5.76 Å². The molecule has 0 aliphatic heterocycles. The van der Waals surface area contributed by atoms with Gasteiger partial charge in [-0.25, -0.2) is 0 Å². The molecule has 6 heteroatoms. The maximum absolute atomic E-state index is 11.0. The van der Waals surface area contributed by atoms with Crippen LogP contribution in [0.25, 0.3) is 11.5 Å². The van der Waals surface area contributed by atoms with Crippen LogP contribution in [0.2, 0.25) is 0 Å². The summed E-state index contributed by atoms with van der Waals surface area (Å²) >= 11 is 0. The van der Waals surface area contributed by atoms with Crippen LogP contribution in [0.1, 0.15) is 29.7 Å². The van der Waals surface area contributed by atoms with E-state index in [4.69, 9.17) is 9.52 Å². The summed E-state index contributed by atoms with van der Waals surface area (Å²) in [6.07, 6.45) is 3.26. The fraction of sp³-hybridized carbons (Fsp3) is 0.300. The van der Waals surface area contributed by atoms with E-state index in [0.29, 0.717) is 13.0 Å². The average molecular weight is 353 g/mol. The van der Waals surface area contributed by atoms with Crippen LogP contribution in [0.4, 0.5) is 0 Å². The summed E-state index contributed by atoms with van der Waals surface area (Å²) in [4.78, 5) is 11.0. The van der Waals surface area contributed by atoms with E-state index in [-0.39, 0.29) is 12.5 Å². The number of aryl methyl sites for hydroxylation is 1. The van der Waals surface area contributed by atoms with Crippen molar-refractivity contribution in [2.45, 2.75) is 38.8 Å². The molecule has 0 saturated heterocycles. The molecule has 1 unspecified atom stereocenters. The monoisotopic (exact) mass is 353 g/mol. The Hall–Kier alpha value is -2.86. The van der Waals surface area contributed by atoms with E-state index in [1.807, 2.05) is 37.3 Å². The first-order valence-electron chi connectivity index (χ1n) is 8.70. The van der Waals surface area contributed by atoms with Gasteiger partial charge in [0.05, 0.1) is 6.20 Å². The van der Waals surface area contributed by atoms with Crippen LogP contribution in [0.5, 0.6) is 0 Å². The minimum Gasteiger partial charge on any atom is -0.481 e. The molecule has 0 aliphatic carbocycles. The summed E-state index contributed by atoms with van der Waals surface area (Å²) in [5.41, 5.74) is 3.03. The normalized spacial score (nSPS) is 12.2. The van der Waals surface area contributed by atoms with Gasteiger partial charge >= 0.3 is 5.97 Å². The third-order valence-electron chi connectivity index (χ3n) is 4.32. The number of aliphatic carboxylic acids is 1. The Kier molecular flexibility index (Phi) is 5.86. The van der Waals surface area contributed by atoms with Gasteiger partial charge in [0, 0.05) is 24.6 Å². The van der Waals surface area contributed by atoms with Gasteiger partial charge in [-0.05, 0) is 37.5 Å². The number of carboxylic acid groups (broad SMARTS) is 1. The predicted molar refractivity (Wildman–Crippen MR) is 98.7 cm³/mol. The summed E-state index contributed by atoms with van der Waals surface area (Å²) in [5, 5.41) is 19.6. The molecule has 2 heterocycles. The van der Waals surface area contributed by atoms with Gasteiger partial charge < -0.3 is 14.8 Å². The molecular formula is C20H23N3O3. The molecule has 0 aliphatic rings. The number of hydrogen-bond donors (Lipinski definition) is 3. The Labute approximate surface area is 152 Å². The zero-order chi connectivity index (χ0) is 18.4. The van der Waals surface area contributed by atoms with Crippen LogP contribution in [0.3, 0.4) is 0 Å². The molecule has 136 valence electrons. The number of rotatable bonds is 9. The van der Waals surface area contributed by atoms with Crippen LogP contribution < -0.4 is 5.32 Å². The van der Waals surface area contributed by atoms with Crippen LogP contribution >= 0.6 is 0 Å². The van der Waals surface area contributed by atoms with Crippen molar-refractivity contribution >= 4 is 5.97 Å². The Bertz CT molecular complexity index is 839. The molecule has 0 spiro atoms. The number of aromatic nitrogens is 2. The van der Waals surface area contributed by atoms with Gasteiger partial charge in [0.25, 0.3) is 0 Å². The number of aromatic amines is 1. The molecule has 0 amide bonds. The van der Waals surface area contributed by atoms with Gasteiger partial charge in [-0.3, -0.25) is 9.89 Å². The van der Waals surface area contributed by atoms with Crippen molar-refractivity contribution in [2.75, 3.05) is 0 Å². The lowest BCUT2D eigenvalue weighted by Crippen LogP contribution is -2.31. The molecule has 3 rings (SSSR count). The second-order valence-corrected chi connectivity index (χ2v) is 6.38. The maximum Gasteiger partial charge on any atom is 0.303 e. The largest absolute Gasteiger partial charge is 0.481 e. The lowest BCUT2D eigenvalue weighted by Gasteiger charge is -2.18. The Morgan fingerprint density at radius 2 is 2.08 bits per heavy atom. The number of nitrogens with one attached hydrogen (secondary N) is 2. The third-order valence-corrected chi connectivity index (χ3v) is 4.32. The molecular weight excluding hydrogens is 330 g/mol. The Morgan fingerprint density at radius 1 is 1.27 bits per heavy atom. The summed E-state index contributed by atoms with van der Waals surface area (Å²) in [6.45, 7) is 2.49. The molecule has 1 aromatic carbocycles. The van der Waals surface area contributed by atoms with E-state index >= 15 is 0 Å². The summed E-state index contributed by atoms with van der Waals surface area (Å²) in [7, 11) is 0. The number of nitrogens with zero attached hydrogens (tertiary/aromatic N) is 1. The van der Waals surface area contributed by atoms with Crippen LogP contribution in [-0.2, 0) is 17.8 Å². The van der Waals surface area contributed by atoms with Crippen molar-refractivity contribution in [3.05, 3.63) is 65.5 Å². The average Bonchev–Trinajstić information content (AvgIpc) is 3.26. The summed E-state index contributed by atoms with van der Waals surface area (Å²) in [6, 6.07) is 14.0. The SMILES string of the molecule is Cc1ccc(-c2[nH]ncc2CNC(CCC(=O)O)Cc2ccccc2)o1. The first-order valence-corrected chi connectivity index (χ1v) is 8.70. The molecule has 6 nitrogen and oxygen atoms in total. The molecule has 2 aromatic heterocycles. The Morgan fingerprint density at radius 3 is 2.77 bits per heavy atom. The number of carbonyl (C=O) groups is 1. The van der Waals surface area contributed by atoms with Gasteiger partial charge in [-0.1, -0.05) is 30.3 Å². The number of benzene rings is 1. The fourth-order valence-corrected chi connectivity index (χ4v) is 2.95. The number of H-pyrrole nitrogens is 1. The summed E-state index contributed by atoms with van der Waals surface area (Å²) in [5.74, 6) is 0.818. The lowest BCUT2D eigenvalue weighted by atomic mass is 10.0. The molecule has 26 heavy (non-hydrogen) atoms. The minimum atomic E-state index is -0.778. The van der Waals surface area contributed by atoms with E-state index in [9.17, 15) is 4.79 Å². The highest BCUT2D eigenvalue weighted by molar-refractivity contribution is 5.66. The first kappa shape index (κ1) is 17.9. The van der Waals surface area contributed by atoms with Crippen molar-refractivity contribution < 1.29 is 14.3 Å². The van der Waals surface area contributed by atoms with Crippen molar-refractivity contribution in [1.29, 1.82) is 0 Å². The smallest absolute Gasteiger partial charge is 0.303 e. The zero-order valence-electron chi connectivity index (χ0n) is 14.7. The third kappa shape index (κ3) is 4.83. The van der Waals surface area contributed by atoms with Crippen molar-refractivity contribution in [3.63, 3.8) is 0 Å². The second-order valence-electron chi connectivity index (χ2n) is 6.38. The van der Waals surface area contributed by atoms with Gasteiger partial charge in [0.2, 0.25) is 0 Å². The first-order chi connectivity index (χ1) is 12.6. The molecule has 3 N–H and O–H groups in total. The number of furan rings is 1. The second kappa shape index (κ2) is 8.49. The quantitative estimate of drug-likeness (QED) is 0.547. The maximum atomic E-state index is 11.0. The van der Waals surface area contributed by atoms with Crippen molar-refractivity contribution in [2.24, 2.45) is 0 Å². The van der Waals surface area contributed by atoms with Gasteiger partial charge in [-0.2, -0.15) is 5.10 Å². The lowest BCUT2D eigenvalue weighted by molar-refractivity contribution is -0.137. The zero-order valence-corrected chi connectivity index (χ0v) is 14.7. The summed E-state index contributed by atoms with van der Waals surface area (Å²) < 4.78 is 5.67.